The van der Waals surface area contributed by atoms with Crippen molar-refractivity contribution in [1.82, 2.24) is 6.15 Å². The summed E-state index contributed by atoms with van der Waals surface area (Å²) in [6, 6.07) is 0. The van der Waals surface area contributed by atoms with Gasteiger partial charge in [-0.2, -0.15) is 0 Å². The summed E-state index contributed by atoms with van der Waals surface area (Å²) in [6.07, 6.45) is 0. The van der Waals surface area contributed by atoms with Crippen molar-refractivity contribution >= 4 is 83.0 Å². The number of carbonyl (C=O) groups excluding carboxylic acids is 3. The van der Waals surface area contributed by atoms with Crippen LogP contribution in [-0.4, -0.2) is 143 Å². The van der Waals surface area contributed by atoms with Crippen LogP contribution in [0.5, 0.6) is 0 Å². The molecule has 24 heavy (non-hydrogen) atoms. The van der Waals surface area contributed by atoms with E-state index in [0.29, 0.717) is 0 Å². The van der Waals surface area contributed by atoms with E-state index in [2.05, 4.69) is 0 Å². The van der Waals surface area contributed by atoms with Crippen molar-refractivity contribution in [2.45, 2.75) is 0 Å². The fourth-order valence-electron chi connectivity index (χ4n) is 1.85. The van der Waals surface area contributed by atoms with E-state index in [9.17, 15) is 24.3 Å². The summed E-state index contributed by atoms with van der Waals surface area (Å²) in [5.41, 5.74) is 0. The third-order valence-electron chi connectivity index (χ3n) is 2.47. The Bertz CT molecular complexity index is 382. The van der Waals surface area contributed by atoms with Gasteiger partial charge in [0.25, 0.3) is 0 Å². The molecule has 0 aromatic rings. The van der Waals surface area contributed by atoms with Gasteiger partial charge in [-0.1, -0.05) is 0 Å². The second kappa shape index (κ2) is 16.2. The Morgan fingerprint density at radius 2 is 1.38 bits per heavy atom. The predicted octanol–water partition coefficient (Wildman–Crippen LogP) is -6.05. The average molecular weight is 376 g/mol. The molecule has 1 aliphatic heterocycles. The number of aliphatic carboxylic acids is 2. The minimum absolute atomic E-state index is 0. The van der Waals surface area contributed by atoms with E-state index in [-0.39, 0.29) is 89.4 Å². The Kier molecular flexibility index (Phi) is 23.6. The number of esters is 2. The quantitative estimate of drug-likeness (QED) is 0.270. The molecule has 0 spiro atoms. The molecule has 0 atom stereocenters. The fraction of sp³-hybridized carbons (Fsp3) is 0.600. The fourth-order valence-corrected chi connectivity index (χ4v) is 1.85. The molecule has 0 saturated carbocycles. The van der Waals surface area contributed by atoms with E-state index in [1.54, 1.807) is 0 Å². The van der Waals surface area contributed by atoms with Gasteiger partial charge < -0.3 is 41.6 Å². The summed E-state index contributed by atoms with van der Waals surface area (Å²) in [5, 5.41) is 19.5. The predicted molar refractivity (Wildman–Crippen MR) is 80.8 cm³/mol. The van der Waals surface area contributed by atoms with E-state index >= 15 is 0 Å². The Balaban J connectivity index is -0.000000241. The zero-order valence-corrected chi connectivity index (χ0v) is 11.7. The van der Waals surface area contributed by atoms with Crippen LogP contribution in [0.1, 0.15) is 0 Å². The first-order chi connectivity index (χ1) is 8.83. The van der Waals surface area contributed by atoms with Gasteiger partial charge in [-0.15, -0.1) is 0 Å². The van der Waals surface area contributed by atoms with Crippen LogP contribution < -0.4 is 11.3 Å². The maximum absolute atomic E-state index is 11.5. The van der Waals surface area contributed by atoms with Gasteiger partial charge in [-0.05, 0) is 0 Å². The second-order valence-corrected chi connectivity index (χ2v) is 4.18. The Hall–Kier alpha value is -0.280. The van der Waals surface area contributed by atoms with Gasteiger partial charge in [0.1, 0.15) is 19.8 Å². The first-order valence-corrected chi connectivity index (χ1v) is 5.41. The number of carboxylic acid groups (broad SMARTS) is 2. The number of rotatable bonds is 4. The van der Waals surface area contributed by atoms with E-state index in [4.69, 9.17) is 14.6 Å². The van der Waals surface area contributed by atoms with Gasteiger partial charge in [-0.25, -0.2) is 14.4 Å². The molecule has 0 aromatic heterocycles. The van der Waals surface area contributed by atoms with Crippen LogP contribution >= 0.6 is 0 Å². The summed E-state index contributed by atoms with van der Waals surface area (Å²) < 4.78 is 8.56. The standard InChI is InChI=1S/C10H13NO8.H3N.2Na.2H2O.2H/c12-7(13)3-11(4-8(14)15)5-9(16)18-1-2-19-10(17)6-11;;;;;;;/h1-6H2,(H-,12,13,14,15);1H3;;;2*1H2;;. The molecule has 1 rings (SSSR count). The molecule has 0 unspecified atom stereocenters. The molecule has 0 aromatic carbocycles. The monoisotopic (exact) mass is 376 g/mol. The molecule has 134 valence electrons. The number of quaternary nitrogens is 1. The molecule has 1 aliphatic rings. The van der Waals surface area contributed by atoms with E-state index in [1.165, 1.54) is 0 Å². The van der Waals surface area contributed by atoms with Gasteiger partial charge >= 0.3 is 77.0 Å². The number of cyclic esters (lactones) is 2. The second-order valence-electron chi connectivity index (χ2n) is 4.18. The van der Waals surface area contributed by atoms with E-state index < -0.39 is 54.5 Å². The molecule has 0 radical (unpaired) electrons. The van der Waals surface area contributed by atoms with Gasteiger partial charge in [0, 0.05) is 0 Å². The van der Waals surface area contributed by atoms with Gasteiger partial charge in [0.15, 0.2) is 19.6 Å². The molecule has 8 N–H and O–H groups in total. The van der Waals surface area contributed by atoms with Gasteiger partial charge in [-0.3, -0.25) is 4.48 Å². The van der Waals surface area contributed by atoms with Crippen molar-refractivity contribution in [2.75, 3.05) is 39.4 Å². The van der Waals surface area contributed by atoms with Crippen molar-refractivity contribution in [3.05, 3.63) is 0 Å². The Labute approximate surface area is 181 Å². The summed E-state index contributed by atoms with van der Waals surface area (Å²) in [5.74, 6) is -4.50. The zero-order valence-electron chi connectivity index (χ0n) is 11.7. The average Bonchev–Trinajstić information content (AvgIpc) is 2.26. The molecule has 1 fully saturated rings. The van der Waals surface area contributed by atoms with Crippen molar-refractivity contribution < 1.29 is 54.3 Å². The maximum atomic E-state index is 11.5. The summed E-state index contributed by atoms with van der Waals surface area (Å²) in [7, 11) is 0. The molecular formula is C10H22N2Na2O10. The number of carboxylic acids is 2. The SMILES string of the molecule is N.O.O.O=C([O-])C[N+]1(CC(=O)O)CC(=O)OCCOC(=O)C1.[NaH].[NaH]. The summed E-state index contributed by atoms with van der Waals surface area (Å²) in [4.78, 5) is 44.5. The summed E-state index contributed by atoms with van der Waals surface area (Å²) >= 11 is 0. The molecular weight excluding hydrogens is 354 g/mol. The van der Waals surface area contributed by atoms with Crippen molar-refractivity contribution in [3.8, 4) is 0 Å². The van der Waals surface area contributed by atoms with E-state index in [1.807, 2.05) is 0 Å². The molecule has 12 nitrogen and oxygen atoms in total. The van der Waals surface area contributed by atoms with Crippen molar-refractivity contribution in [1.29, 1.82) is 0 Å². The third-order valence-corrected chi connectivity index (χ3v) is 2.47. The van der Waals surface area contributed by atoms with Gasteiger partial charge in [0.05, 0.1) is 5.97 Å². The molecule has 1 saturated heterocycles. The Morgan fingerprint density at radius 1 is 1.00 bits per heavy atom. The Morgan fingerprint density at radius 3 is 1.67 bits per heavy atom. The van der Waals surface area contributed by atoms with Crippen LogP contribution in [0.3, 0.4) is 0 Å². The van der Waals surface area contributed by atoms with Gasteiger partial charge in [0.2, 0.25) is 0 Å². The summed E-state index contributed by atoms with van der Waals surface area (Å²) in [6.45, 7) is -2.91. The van der Waals surface area contributed by atoms with Crippen LogP contribution in [0.2, 0.25) is 0 Å². The van der Waals surface area contributed by atoms with Crippen LogP contribution in [0.25, 0.3) is 0 Å². The number of ether oxygens (including phenoxy) is 2. The normalized spacial score (nSPS) is 15.3. The van der Waals surface area contributed by atoms with Crippen LogP contribution in [0, 0.1) is 0 Å². The number of nitrogens with zero attached hydrogens (tertiary/aromatic N) is 1. The number of carbonyl (C=O) groups is 4. The zero-order chi connectivity index (χ0) is 14.5. The topological polar surface area (TPSA) is 228 Å². The van der Waals surface area contributed by atoms with Crippen LogP contribution in [0.4, 0.5) is 0 Å². The van der Waals surface area contributed by atoms with Crippen LogP contribution in [0.15, 0.2) is 0 Å². The first-order valence-electron chi connectivity index (χ1n) is 5.41. The molecule has 14 heteroatoms. The molecule has 0 aliphatic carbocycles. The van der Waals surface area contributed by atoms with Crippen molar-refractivity contribution in [2.24, 2.45) is 0 Å². The molecule has 0 bridgehead atoms. The molecule has 0 amide bonds. The minimum atomic E-state index is -1.57. The number of hydrogen-bond donors (Lipinski definition) is 2. The third kappa shape index (κ3) is 13.1. The van der Waals surface area contributed by atoms with Crippen LogP contribution in [-0.2, 0) is 28.7 Å². The van der Waals surface area contributed by atoms with E-state index in [0.717, 1.165) is 0 Å². The first kappa shape index (κ1) is 34.9. The molecule has 1 heterocycles. The number of hydrogen-bond acceptors (Lipinski definition) is 8. The van der Waals surface area contributed by atoms with Crippen molar-refractivity contribution in [3.63, 3.8) is 0 Å².